The van der Waals surface area contributed by atoms with Crippen molar-refractivity contribution >= 4 is 11.6 Å². The quantitative estimate of drug-likeness (QED) is 0.480. The monoisotopic (exact) mass is 414 g/mol. The van der Waals surface area contributed by atoms with Crippen molar-refractivity contribution in [2.24, 2.45) is 58.2 Å². The summed E-state index contributed by atoms with van der Waals surface area (Å²) in [5, 5.41) is 0. The summed E-state index contributed by atoms with van der Waals surface area (Å²) >= 11 is 0. The highest BCUT2D eigenvalue weighted by atomic mass is 16.1. The molecule has 0 heterocycles. The van der Waals surface area contributed by atoms with Crippen LogP contribution in [0.4, 0.5) is 0 Å². The fourth-order valence-electron chi connectivity index (χ4n) is 8.89. The van der Waals surface area contributed by atoms with Gasteiger partial charge in [0.25, 0.3) is 0 Å². The molecular formula is C28H46O2. The third kappa shape index (κ3) is 3.53. The second-order valence-corrected chi connectivity index (χ2v) is 12.9. The largest absolute Gasteiger partial charge is 0.300 e. The molecule has 0 bridgehead atoms. The van der Waals surface area contributed by atoms with E-state index in [0.717, 1.165) is 42.9 Å². The molecule has 0 aliphatic heterocycles. The highest BCUT2D eigenvalue weighted by Gasteiger charge is 2.63. The van der Waals surface area contributed by atoms with E-state index in [-0.39, 0.29) is 16.7 Å². The van der Waals surface area contributed by atoms with Gasteiger partial charge in [-0.3, -0.25) is 9.59 Å². The van der Waals surface area contributed by atoms with Crippen LogP contribution in [0.2, 0.25) is 0 Å². The Labute approximate surface area is 185 Å². The Balaban J connectivity index is 1.52. The van der Waals surface area contributed by atoms with Gasteiger partial charge in [-0.2, -0.15) is 0 Å². The van der Waals surface area contributed by atoms with Crippen molar-refractivity contribution in [2.75, 3.05) is 0 Å². The smallest absolute Gasteiger partial charge is 0.137 e. The van der Waals surface area contributed by atoms with E-state index >= 15 is 0 Å². The first-order valence-electron chi connectivity index (χ1n) is 13.1. The maximum Gasteiger partial charge on any atom is 0.137 e. The molecule has 9 atom stereocenters. The molecule has 2 heteroatoms. The van der Waals surface area contributed by atoms with Crippen LogP contribution in [0.1, 0.15) is 106 Å². The number of carbonyl (C=O) groups excluding carboxylic acids is 2. The van der Waals surface area contributed by atoms with Crippen LogP contribution < -0.4 is 0 Å². The zero-order valence-electron chi connectivity index (χ0n) is 20.5. The predicted molar refractivity (Wildman–Crippen MR) is 123 cm³/mol. The molecule has 0 aromatic rings. The predicted octanol–water partition coefficient (Wildman–Crippen LogP) is 7.10. The second-order valence-electron chi connectivity index (χ2n) is 12.9. The lowest BCUT2D eigenvalue weighted by Crippen LogP contribution is -2.57. The molecule has 4 saturated carbocycles. The topological polar surface area (TPSA) is 34.1 Å². The molecule has 4 rings (SSSR count). The lowest BCUT2D eigenvalue weighted by molar-refractivity contribution is -0.161. The molecule has 0 N–H and O–H groups in total. The Kier molecular flexibility index (Phi) is 6.04. The summed E-state index contributed by atoms with van der Waals surface area (Å²) in [6.07, 6.45) is 10.9. The zero-order chi connectivity index (χ0) is 21.8. The van der Waals surface area contributed by atoms with Gasteiger partial charge < -0.3 is 0 Å². The first kappa shape index (κ1) is 22.5. The Morgan fingerprint density at radius 3 is 2.37 bits per heavy atom. The molecule has 0 aromatic heterocycles. The van der Waals surface area contributed by atoms with Crippen LogP contribution in [0.15, 0.2) is 0 Å². The van der Waals surface area contributed by atoms with Gasteiger partial charge in [0.15, 0.2) is 0 Å². The average molecular weight is 415 g/mol. The van der Waals surface area contributed by atoms with Crippen LogP contribution in [0.25, 0.3) is 0 Å². The van der Waals surface area contributed by atoms with Crippen molar-refractivity contribution < 1.29 is 9.59 Å². The van der Waals surface area contributed by atoms with Crippen molar-refractivity contribution in [3.05, 3.63) is 0 Å². The van der Waals surface area contributed by atoms with E-state index in [0.29, 0.717) is 35.7 Å². The van der Waals surface area contributed by atoms with Gasteiger partial charge in [0.05, 0.1) is 0 Å². The van der Waals surface area contributed by atoms with Gasteiger partial charge in [-0.05, 0) is 84.4 Å². The van der Waals surface area contributed by atoms with Crippen LogP contribution in [-0.4, -0.2) is 11.6 Å². The average Bonchev–Trinajstić information content (AvgIpc) is 3.02. The van der Waals surface area contributed by atoms with Crippen LogP contribution in [-0.2, 0) is 9.59 Å². The number of ketones is 2. The molecule has 0 radical (unpaired) electrons. The summed E-state index contributed by atoms with van der Waals surface area (Å²) < 4.78 is 0. The summed E-state index contributed by atoms with van der Waals surface area (Å²) in [5.74, 6) is 6.00. The number of hydrogen-bond acceptors (Lipinski definition) is 2. The van der Waals surface area contributed by atoms with Crippen molar-refractivity contribution in [1.29, 1.82) is 0 Å². The molecule has 0 spiro atoms. The normalized spacial score (nSPS) is 45.6. The van der Waals surface area contributed by atoms with Gasteiger partial charge in [0.1, 0.15) is 11.6 Å². The van der Waals surface area contributed by atoms with E-state index < -0.39 is 0 Å². The Morgan fingerprint density at radius 2 is 1.67 bits per heavy atom. The third-order valence-electron chi connectivity index (χ3n) is 11.1. The van der Waals surface area contributed by atoms with Crippen molar-refractivity contribution in [3.8, 4) is 0 Å². The number of fused-ring (bicyclic) bond motifs is 5. The lowest BCUT2D eigenvalue weighted by atomic mass is 9.44. The fraction of sp³-hybridized carbons (Fsp3) is 0.929. The van der Waals surface area contributed by atoms with E-state index in [1.165, 1.54) is 38.5 Å². The van der Waals surface area contributed by atoms with Crippen molar-refractivity contribution in [1.82, 2.24) is 0 Å². The lowest BCUT2D eigenvalue weighted by Gasteiger charge is -2.59. The molecular weight excluding hydrogens is 368 g/mol. The Bertz CT molecular complexity index is 680. The maximum atomic E-state index is 13.8. The molecule has 0 aromatic carbocycles. The van der Waals surface area contributed by atoms with E-state index in [1.54, 1.807) is 0 Å². The second kappa shape index (κ2) is 8.04. The van der Waals surface area contributed by atoms with Gasteiger partial charge >= 0.3 is 0 Å². The van der Waals surface area contributed by atoms with Crippen LogP contribution in [0, 0.1) is 58.2 Å². The molecule has 30 heavy (non-hydrogen) atoms. The van der Waals surface area contributed by atoms with Gasteiger partial charge in [-0.15, -0.1) is 0 Å². The number of carbonyl (C=O) groups is 2. The zero-order valence-corrected chi connectivity index (χ0v) is 20.5. The summed E-state index contributed by atoms with van der Waals surface area (Å²) in [7, 11) is 0. The Hall–Kier alpha value is -0.660. The maximum absolute atomic E-state index is 13.8. The minimum absolute atomic E-state index is 0.0889. The number of Topliss-reactive ketones (excluding diaryl/α,β-unsaturated/α-hetero) is 2. The van der Waals surface area contributed by atoms with Gasteiger partial charge in [-0.25, -0.2) is 0 Å². The van der Waals surface area contributed by atoms with Crippen LogP contribution in [0.5, 0.6) is 0 Å². The standard InChI is InChI=1S/C28H46O2/c1-17(2)18(3)7-8-19(4)23-11-12-24-22-10-9-20-15-21(29)13-14-27(20,5)26(22)25(30)16-28(23,24)6/h17-20,22-24,26H,7-16H2,1-6H3. The first-order valence-corrected chi connectivity index (χ1v) is 13.1. The van der Waals surface area contributed by atoms with Crippen LogP contribution in [0.3, 0.4) is 0 Å². The number of rotatable bonds is 5. The molecule has 2 nitrogen and oxygen atoms in total. The highest BCUT2D eigenvalue weighted by Crippen LogP contribution is 2.67. The Morgan fingerprint density at radius 1 is 0.933 bits per heavy atom. The number of hydrogen-bond donors (Lipinski definition) is 0. The molecule has 4 aliphatic carbocycles. The molecule has 9 unspecified atom stereocenters. The summed E-state index contributed by atoms with van der Waals surface area (Å²) in [4.78, 5) is 25.9. The van der Waals surface area contributed by atoms with E-state index in [2.05, 4.69) is 41.5 Å². The van der Waals surface area contributed by atoms with Crippen molar-refractivity contribution in [3.63, 3.8) is 0 Å². The molecule has 0 amide bonds. The molecule has 4 fully saturated rings. The molecule has 0 saturated heterocycles. The molecule has 170 valence electrons. The third-order valence-corrected chi connectivity index (χ3v) is 11.1. The van der Waals surface area contributed by atoms with E-state index in [1.807, 2.05) is 0 Å². The summed E-state index contributed by atoms with van der Waals surface area (Å²) in [5.41, 5.74) is 0.304. The summed E-state index contributed by atoms with van der Waals surface area (Å²) in [6.45, 7) is 14.4. The van der Waals surface area contributed by atoms with E-state index in [4.69, 9.17) is 0 Å². The SMILES string of the molecule is CC(C)C(C)CCC(C)C1CCC2C3CCC4CC(=O)CCC4(C)C3C(=O)CC12C. The molecule has 4 aliphatic rings. The van der Waals surface area contributed by atoms with Gasteiger partial charge in [0, 0.05) is 25.2 Å². The minimum Gasteiger partial charge on any atom is -0.300 e. The van der Waals surface area contributed by atoms with Crippen LogP contribution >= 0.6 is 0 Å². The van der Waals surface area contributed by atoms with Gasteiger partial charge in [-0.1, -0.05) is 54.4 Å². The van der Waals surface area contributed by atoms with E-state index in [9.17, 15) is 9.59 Å². The van der Waals surface area contributed by atoms with Crippen molar-refractivity contribution in [2.45, 2.75) is 106 Å². The minimum atomic E-state index is 0.0889. The highest BCUT2D eigenvalue weighted by molar-refractivity contribution is 5.85. The fourth-order valence-corrected chi connectivity index (χ4v) is 8.89. The van der Waals surface area contributed by atoms with Gasteiger partial charge in [0.2, 0.25) is 0 Å². The summed E-state index contributed by atoms with van der Waals surface area (Å²) in [6, 6.07) is 0. The first-order chi connectivity index (χ1) is 14.1.